The molecule has 6 heteroatoms. The zero-order valence-corrected chi connectivity index (χ0v) is 13.0. The molecule has 0 aliphatic carbocycles. The predicted octanol–water partition coefficient (Wildman–Crippen LogP) is 1.35. The minimum Gasteiger partial charge on any atom is -0.355 e. The van der Waals surface area contributed by atoms with Crippen molar-refractivity contribution in [3.05, 3.63) is 15.9 Å². The average Bonchev–Trinajstić information content (AvgIpc) is 2.53. The first-order valence-corrected chi connectivity index (χ1v) is 6.86. The lowest BCUT2D eigenvalue weighted by Gasteiger charge is -2.09. The van der Waals surface area contributed by atoms with E-state index >= 15 is 0 Å². The van der Waals surface area contributed by atoms with Crippen molar-refractivity contribution < 1.29 is 4.79 Å². The van der Waals surface area contributed by atoms with Gasteiger partial charge in [0.15, 0.2) is 0 Å². The van der Waals surface area contributed by atoms with Gasteiger partial charge >= 0.3 is 0 Å². The third-order valence-corrected chi connectivity index (χ3v) is 3.58. The van der Waals surface area contributed by atoms with Crippen LogP contribution >= 0.6 is 15.9 Å². The number of rotatable bonds is 6. The van der Waals surface area contributed by atoms with Crippen LogP contribution in [0.25, 0.3) is 0 Å². The monoisotopic (exact) mass is 316 g/mol. The van der Waals surface area contributed by atoms with Crippen LogP contribution in [0, 0.1) is 12.8 Å². The lowest BCUT2D eigenvalue weighted by Crippen LogP contribution is -2.35. The first-order valence-electron chi connectivity index (χ1n) is 6.07. The molecule has 0 saturated carbocycles. The van der Waals surface area contributed by atoms with E-state index in [1.54, 1.807) is 0 Å². The van der Waals surface area contributed by atoms with Gasteiger partial charge in [0.25, 0.3) is 0 Å². The van der Waals surface area contributed by atoms with Gasteiger partial charge in [-0.3, -0.25) is 9.48 Å². The van der Waals surface area contributed by atoms with Gasteiger partial charge in [0.1, 0.15) is 0 Å². The second-order valence-corrected chi connectivity index (χ2v) is 5.56. The van der Waals surface area contributed by atoms with Gasteiger partial charge in [-0.1, -0.05) is 13.8 Å². The third kappa shape index (κ3) is 4.42. The Balaban J connectivity index is 2.35. The maximum absolute atomic E-state index is 11.5. The van der Waals surface area contributed by atoms with Crippen molar-refractivity contribution >= 4 is 21.8 Å². The van der Waals surface area contributed by atoms with Crippen LogP contribution in [0.2, 0.25) is 0 Å². The van der Waals surface area contributed by atoms with E-state index < -0.39 is 0 Å². The normalized spacial score (nSPS) is 11.0. The summed E-state index contributed by atoms with van der Waals surface area (Å²) in [5.74, 6) is 0.501. The molecule has 2 N–H and O–H groups in total. The van der Waals surface area contributed by atoms with Crippen LogP contribution < -0.4 is 10.6 Å². The van der Waals surface area contributed by atoms with Crippen molar-refractivity contribution in [3.8, 4) is 0 Å². The van der Waals surface area contributed by atoms with Crippen molar-refractivity contribution in [2.24, 2.45) is 13.0 Å². The van der Waals surface area contributed by atoms with Crippen molar-refractivity contribution in [3.63, 3.8) is 0 Å². The molecule has 1 rings (SSSR count). The molecule has 0 atom stereocenters. The fraction of sp³-hybridized carbons (Fsp3) is 0.667. The summed E-state index contributed by atoms with van der Waals surface area (Å²) in [4.78, 5) is 11.5. The molecule has 0 aliphatic heterocycles. The number of nitrogens with one attached hydrogen (secondary N) is 2. The number of amides is 1. The molecule has 102 valence electrons. The smallest absolute Gasteiger partial charge is 0.233 e. The van der Waals surface area contributed by atoms with Crippen molar-refractivity contribution in [1.29, 1.82) is 0 Å². The van der Waals surface area contributed by atoms with Gasteiger partial charge in [-0.05, 0) is 28.8 Å². The summed E-state index contributed by atoms with van der Waals surface area (Å²) in [6.07, 6.45) is 0. The highest BCUT2D eigenvalue weighted by atomic mass is 79.9. The summed E-state index contributed by atoms with van der Waals surface area (Å²) in [5.41, 5.74) is 2.00. The molecular weight excluding hydrogens is 296 g/mol. The van der Waals surface area contributed by atoms with E-state index in [9.17, 15) is 4.79 Å². The molecule has 0 fully saturated rings. The summed E-state index contributed by atoms with van der Waals surface area (Å²) < 4.78 is 2.82. The SMILES string of the molecule is Cc1nn(C)c(CNCC(=O)NCC(C)C)c1Br. The third-order valence-electron chi connectivity index (χ3n) is 2.55. The number of nitrogens with zero attached hydrogens (tertiary/aromatic N) is 2. The highest BCUT2D eigenvalue weighted by Gasteiger charge is 2.10. The molecule has 18 heavy (non-hydrogen) atoms. The van der Waals surface area contributed by atoms with Crippen LogP contribution in [-0.4, -0.2) is 28.8 Å². The lowest BCUT2D eigenvalue weighted by atomic mass is 10.2. The lowest BCUT2D eigenvalue weighted by molar-refractivity contribution is -0.120. The maximum Gasteiger partial charge on any atom is 0.233 e. The van der Waals surface area contributed by atoms with Crippen molar-refractivity contribution in [1.82, 2.24) is 20.4 Å². The summed E-state index contributed by atoms with van der Waals surface area (Å²) in [7, 11) is 1.90. The second-order valence-electron chi connectivity index (χ2n) is 4.77. The summed E-state index contributed by atoms with van der Waals surface area (Å²) in [6.45, 7) is 7.75. The second kappa shape index (κ2) is 6.89. The Labute approximate surface area is 116 Å². The molecule has 1 aromatic rings. The van der Waals surface area contributed by atoms with Crippen LogP contribution in [0.5, 0.6) is 0 Å². The largest absolute Gasteiger partial charge is 0.355 e. The number of hydrogen-bond acceptors (Lipinski definition) is 3. The van der Waals surface area contributed by atoms with E-state index in [-0.39, 0.29) is 5.91 Å². The van der Waals surface area contributed by atoms with Crippen LogP contribution in [0.4, 0.5) is 0 Å². The van der Waals surface area contributed by atoms with Gasteiger partial charge < -0.3 is 10.6 Å². The van der Waals surface area contributed by atoms with Crippen LogP contribution in [-0.2, 0) is 18.4 Å². The molecule has 5 nitrogen and oxygen atoms in total. The molecular formula is C12H21BrN4O. The highest BCUT2D eigenvalue weighted by Crippen LogP contribution is 2.19. The molecule has 1 amide bonds. The minimum absolute atomic E-state index is 0.0266. The molecule has 1 aromatic heterocycles. The summed E-state index contributed by atoms with van der Waals surface area (Å²) >= 11 is 3.49. The topological polar surface area (TPSA) is 59.0 Å². The molecule has 0 aromatic carbocycles. The van der Waals surface area contributed by atoms with E-state index in [0.717, 1.165) is 22.4 Å². The summed E-state index contributed by atoms with van der Waals surface area (Å²) in [5, 5.41) is 10.3. The van der Waals surface area contributed by atoms with Crippen LogP contribution in [0.15, 0.2) is 4.47 Å². The Bertz CT molecular complexity index is 414. The predicted molar refractivity (Wildman–Crippen MR) is 75.2 cm³/mol. The van der Waals surface area contributed by atoms with E-state index in [1.165, 1.54) is 0 Å². The van der Waals surface area contributed by atoms with E-state index in [0.29, 0.717) is 19.0 Å². The van der Waals surface area contributed by atoms with Gasteiger partial charge in [-0.15, -0.1) is 0 Å². The molecule has 0 spiro atoms. The number of hydrogen-bond donors (Lipinski definition) is 2. The molecule has 0 radical (unpaired) electrons. The van der Waals surface area contributed by atoms with Gasteiger partial charge in [0, 0.05) is 20.1 Å². The Hall–Kier alpha value is -0.880. The molecule has 0 aliphatic rings. The van der Waals surface area contributed by atoms with Crippen molar-refractivity contribution in [2.45, 2.75) is 27.3 Å². The number of carbonyl (C=O) groups excluding carboxylic acids is 1. The zero-order valence-electron chi connectivity index (χ0n) is 11.4. The van der Waals surface area contributed by atoms with Gasteiger partial charge in [-0.25, -0.2) is 0 Å². The van der Waals surface area contributed by atoms with E-state index in [2.05, 4.69) is 45.5 Å². The van der Waals surface area contributed by atoms with Gasteiger partial charge in [-0.2, -0.15) is 5.10 Å². The Morgan fingerprint density at radius 2 is 2.17 bits per heavy atom. The Morgan fingerprint density at radius 3 is 2.67 bits per heavy atom. The first kappa shape index (κ1) is 15.2. The van der Waals surface area contributed by atoms with Crippen molar-refractivity contribution in [2.75, 3.05) is 13.1 Å². The van der Waals surface area contributed by atoms with Gasteiger partial charge in [0.05, 0.1) is 22.4 Å². The number of carbonyl (C=O) groups is 1. The fourth-order valence-corrected chi connectivity index (χ4v) is 2.02. The molecule has 0 unspecified atom stereocenters. The number of aryl methyl sites for hydroxylation is 2. The standard InChI is InChI=1S/C12H21BrN4O/c1-8(2)5-15-11(18)7-14-6-10-12(13)9(3)16-17(10)4/h8,14H,5-7H2,1-4H3,(H,15,18). The van der Waals surface area contributed by atoms with Gasteiger partial charge in [0.2, 0.25) is 5.91 Å². The molecule has 0 saturated heterocycles. The van der Waals surface area contributed by atoms with E-state index in [1.807, 2.05) is 18.7 Å². The quantitative estimate of drug-likeness (QED) is 0.833. The first-order chi connectivity index (χ1) is 8.41. The highest BCUT2D eigenvalue weighted by molar-refractivity contribution is 9.10. The zero-order chi connectivity index (χ0) is 13.7. The average molecular weight is 317 g/mol. The number of aromatic nitrogens is 2. The Morgan fingerprint density at radius 1 is 1.50 bits per heavy atom. The Kier molecular flexibility index (Phi) is 5.81. The van der Waals surface area contributed by atoms with E-state index in [4.69, 9.17) is 0 Å². The summed E-state index contributed by atoms with van der Waals surface area (Å²) in [6, 6.07) is 0. The van der Waals surface area contributed by atoms with Crippen LogP contribution in [0.1, 0.15) is 25.2 Å². The number of halogens is 1. The molecule has 0 bridgehead atoms. The minimum atomic E-state index is 0.0266. The fourth-order valence-electron chi connectivity index (χ4n) is 1.55. The molecule has 1 heterocycles. The van der Waals surface area contributed by atoms with Crippen LogP contribution in [0.3, 0.4) is 0 Å². The maximum atomic E-state index is 11.5.